The van der Waals surface area contributed by atoms with Crippen LogP contribution < -0.4 is 10.1 Å². The van der Waals surface area contributed by atoms with Crippen molar-refractivity contribution in [1.29, 1.82) is 5.26 Å². The minimum atomic E-state index is 0.651. The molecule has 1 heterocycles. The SMILES string of the molecule is Cc1ccc(C#N)cc1OCCN1CCNCC1. The molecule has 1 aliphatic heterocycles. The summed E-state index contributed by atoms with van der Waals surface area (Å²) in [6.07, 6.45) is 0. The van der Waals surface area contributed by atoms with E-state index >= 15 is 0 Å². The lowest BCUT2D eigenvalue weighted by Gasteiger charge is -2.27. The van der Waals surface area contributed by atoms with Gasteiger partial charge in [0.05, 0.1) is 11.6 Å². The molecule has 0 radical (unpaired) electrons. The Kier molecular flexibility index (Phi) is 4.57. The predicted octanol–water partition coefficient (Wildman–Crippen LogP) is 1.15. The standard InChI is InChI=1S/C14H19N3O/c1-12-2-3-13(11-15)10-14(12)18-9-8-17-6-4-16-5-7-17/h2-3,10,16H,4-9H2,1H3. The van der Waals surface area contributed by atoms with Crippen LogP contribution in [-0.2, 0) is 0 Å². The van der Waals surface area contributed by atoms with Crippen molar-refractivity contribution in [3.63, 3.8) is 0 Å². The van der Waals surface area contributed by atoms with Gasteiger partial charge in [-0.3, -0.25) is 4.90 Å². The van der Waals surface area contributed by atoms with Gasteiger partial charge < -0.3 is 10.1 Å². The number of nitrogens with one attached hydrogen (secondary N) is 1. The van der Waals surface area contributed by atoms with Gasteiger partial charge >= 0.3 is 0 Å². The van der Waals surface area contributed by atoms with Crippen LogP contribution in [0.4, 0.5) is 0 Å². The Morgan fingerprint density at radius 2 is 2.17 bits per heavy atom. The third-order valence-corrected chi connectivity index (χ3v) is 3.19. The highest BCUT2D eigenvalue weighted by Crippen LogP contribution is 2.19. The number of piperazine rings is 1. The van der Waals surface area contributed by atoms with Crippen LogP contribution in [0, 0.1) is 18.3 Å². The zero-order valence-corrected chi connectivity index (χ0v) is 10.8. The van der Waals surface area contributed by atoms with Crippen LogP contribution in [0.15, 0.2) is 18.2 Å². The van der Waals surface area contributed by atoms with E-state index in [0.29, 0.717) is 12.2 Å². The Morgan fingerprint density at radius 3 is 2.89 bits per heavy atom. The summed E-state index contributed by atoms with van der Waals surface area (Å²) in [4.78, 5) is 2.39. The first kappa shape index (κ1) is 12.9. The Hall–Kier alpha value is -1.57. The molecular weight excluding hydrogens is 226 g/mol. The summed E-state index contributed by atoms with van der Waals surface area (Å²) in [5, 5.41) is 12.2. The smallest absolute Gasteiger partial charge is 0.123 e. The van der Waals surface area contributed by atoms with Crippen LogP contribution in [0.1, 0.15) is 11.1 Å². The Bertz CT molecular complexity index is 433. The number of nitriles is 1. The van der Waals surface area contributed by atoms with Crippen LogP contribution in [0.2, 0.25) is 0 Å². The second-order valence-electron chi connectivity index (χ2n) is 4.53. The second-order valence-corrected chi connectivity index (χ2v) is 4.53. The molecule has 0 unspecified atom stereocenters. The van der Waals surface area contributed by atoms with Crippen molar-refractivity contribution in [3.8, 4) is 11.8 Å². The molecule has 0 saturated carbocycles. The maximum Gasteiger partial charge on any atom is 0.123 e. The summed E-state index contributed by atoms with van der Waals surface area (Å²) in [5.74, 6) is 0.823. The van der Waals surface area contributed by atoms with Gasteiger partial charge in [-0.05, 0) is 24.6 Å². The third kappa shape index (κ3) is 3.46. The molecule has 1 aliphatic rings. The summed E-state index contributed by atoms with van der Waals surface area (Å²) in [6, 6.07) is 7.70. The summed E-state index contributed by atoms with van der Waals surface area (Å²) in [7, 11) is 0. The molecule has 18 heavy (non-hydrogen) atoms. The molecule has 4 nitrogen and oxygen atoms in total. The van der Waals surface area contributed by atoms with E-state index in [0.717, 1.165) is 44.0 Å². The van der Waals surface area contributed by atoms with Crippen LogP contribution in [0.3, 0.4) is 0 Å². The molecule has 1 aromatic rings. The molecule has 1 fully saturated rings. The highest BCUT2D eigenvalue weighted by atomic mass is 16.5. The number of rotatable bonds is 4. The predicted molar refractivity (Wildman–Crippen MR) is 70.7 cm³/mol. The number of nitrogens with zero attached hydrogens (tertiary/aromatic N) is 2. The van der Waals surface area contributed by atoms with Crippen LogP contribution in [-0.4, -0.2) is 44.2 Å². The largest absolute Gasteiger partial charge is 0.492 e. The van der Waals surface area contributed by atoms with Crippen molar-refractivity contribution < 1.29 is 4.74 Å². The molecule has 1 N–H and O–H groups in total. The fourth-order valence-electron chi connectivity index (χ4n) is 2.04. The summed E-state index contributed by atoms with van der Waals surface area (Å²) < 4.78 is 5.77. The molecule has 2 rings (SSSR count). The molecule has 1 aromatic carbocycles. The Balaban J connectivity index is 1.84. The van der Waals surface area contributed by atoms with Gasteiger partial charge in [-0.25, -0.2) is 0 Å². The van der Waals surface area contributed by atoms with Crippen molar-refractivity contribution in [1.82, 2.24) is 10.2 Å². The van der Waals surface area contributed by atoms with Crippen LogP contribution in [0.5, 0.6) is 5.75 Å². The molecule has 96 valence electrons. The molecule has 0 amide bonds. The average Bonchev–Trinajstić information content (AvgIpc) is 2.42. The molecule has 0 bridgehead atoms. The Labute approximate surface area is 108 Å². The van der Waals surface area contributed by atoms with E-state index in [4.69, 9.17) is 10.00 Å². The number of benzene rings is 1. The number of aryl methyl sites for hydroxylation is 1. The van der Waals surface area contributed by atoms with Gasteiger partial charge in [0.1, 0.15) is 12.4 Å². The lowest BCUT2D eigenvalue weighted by Crippen LogP contribution is -2.44. The van der Waals surface area contributed by atoms with E-state index in [2.05, 4.69) is 16.3 Å². The quantitative estimate of drug-likeness (QED) is 0.864. The normalized spacial score (nSPS) is 16.2. The molecule has 0 spiro atoms. The fraction of sp³-hybridized carbons (Fsp3) is 0.500. The lowest BCUT2D eigenvalue weighted by molar-refractivity contribution is 0.191. The van der Waals surface area contributed by atoms with E-state index in [1.54, 1.807) is 0 Å². The minimum Gasteiger partial charge on any atom is -0.492 e. The highest BCUT2D eigenvalue weighted by Gasteiger charge is 2.09. The van der Waals surface area contributed by atoms with Gasteiger partial charge in [0.2, 0.25) is 0 Å². The monoisotopic (exact) mass is 245 g/mol. The third-order valence-electron chi connectivity index (χ3n) is 3.19. The van der Waals surface area contributed by atoms with E-state index in [9.17, 15) is 0 Å². The first-order valence-electron chi connectivity index (χ1n) is 6.36. The van der Waals surface area contributed by atoms with Gasteiger partial charge in [-0.2, -0.15) is 5.26 Å². The van der Waals surface area contributed by atoms with Crippen LogP contribution in [0.25, 0.3) is 0 Å². The maximum absolute atomic E-state index is 8.86. The lowest BCUT2D eigenvalue weighted by atomic mass is 10.1. The maximum atomic E-state index is 8.86. The number of hydrogen-bond acceptors (Lipinski definition) is 4. The molecular formula is C14H19N3O. The summed E-state index contributed by atoms with van der Waals surface area (Å²) >= 11 is 0. The summed E-state index contributed by atoms with van der Waals surface area (Å²) in [6.45, 7) is 7.90. The molecule has 0 aliphatic carbocycles. The molecule has 0 atom stereocenters. The molecule has 0 aromatic heterocycles. The van der Waals surface area contributed by atoms with E-state index in [1.165, 1.54) is 0 Å². The molecule has 1 saturated heterocycles. The van der Waals surface area contributed by atoms with Gasteiger partial charge in [0.15, 0.2) is 0 Å². The zero-order chi connectivity index (χ0) is 12.8. The first-order chi connectivity index (χ1) is 8.79. The van der Waals surface area contributed by atoms with Gasteiger partial charge in [-0.1, -0.05) is 6.07 Å². The van der Waals surface area contributed by atoms with Gasteiger partial charge in [-0.15, -0.1) is 0 Å². The summed E-state index contributed by atoms with van der Waals surface area (Å²) in [5.41, 5.74) is 1.73. The van der Waals surface area contributed by atoms with Gasteiger partial charge in [0, 0.05) is 32.7 Å². The topological polar surface area (TPSA) is 48.3 Å². The number of hydrogen-bond donors (Lipinski definition) is 1. The van der Waals surface area contributed by atoms with E-state index in [1.807, 2.05) is 25.1 Å². The molecule has 4 heteroatoms. The van der Waals surface area contributed by atoms with E-state index < -0.39 is 0 Å². The number of ether oxygens (including phenoxy) is 1. The van der Waals surface area contributed by atoms with Crippen molar-refractivity contribution in [2.45, 2.75) is 6.92 Å². The first-order valence-corrected chi connectivity index (χ1v) is 6.36. The minimum absolute atomic E-state index is 0.651. The van der Waals surface area contributed by atoms with Crippen molar-refractivity contribution in [3.05, 3.63) is 29.3 Å². The van der Waals surface area contributed by atoms with Gasteiger partial charge in [0.25, 0.3) is 0 Å². The van der Waals surface area contributed by atoms with Crippen molar-refractivity contribution >= 4 is 0 Å². The van der Waals surface area contributed by atoms with Crippen LogP contribution >= 0.6 is 0 Å². The van der Waals surface area contributed by atoms with Crippen molar-refractivity contribution in [2.24, 2.45) is 0 Å². The highest BCUT2D eigenvalue weighted by molar-refractivity contribution is 5.41. The Morgan fingerprint density at radius 1 is 1.39 bits per heavy atom. The van der Waals surface area contributed by atoms with E-state index in [-0.39, 0.29) is 0 Å². The average molecular weight is 245 g/mol. The fourth-order valence-corrected chi connectivity index (χ4v) is 2.04. The second kappa shape index (κ2) is 6.39. The van der Waals surface area contributed by atoms with Crippen molar-refractivity contribution in [2.75, 3.05) is 39.3 Å². The zero-order valence-electron chi connectivity index (χ0n) is 10.8.